The molecule has 4 aromatic rings. The average molecular weight is 561 g/mol. The van der Waals surface area contributed by atoms with Gasteiger partial charge in [0.25, 0.3) is 0 Å². The number of nitrogens with zero attached hydrogens (tertiary/aromatic N) is 4. The Labute approximate surface area is 231 Å². The molecule has 0 aliphatic heterocycles. The summed E-state index contributed by atoms with van der Waals surface area (Å²) in [6.07, 6.45) is 4.07. The Morgan fingerprint density at radius 2 is 1.70 bits per heavy atom. The second kappa shape index (κ2) is 12.5. The molecule has 0 saturated heterocycles. The van der Waals surface area contributed by atoms with E-state index in [1.165, 1.54) is 59.6 Å². The van der Waals surface area contributed by atoms with Crippen molar-refractivity contribution in [2.75, 3.05) is 5.32 Å². The SMILES string of the molecule is O=C(C=Cc1cc(Cl)ccc1-n1cnnn1)NC(Cc1cccc(C(=O)O)c1)C(=O)Nc1ccc(C(=O)O)cc1. The van der Waals surface area contributed by atoms with E-state index in [1.807, 2.05) is 0 Å². The second-order valence-electron chi connectivity index (χ2n) is 8.43. The monoisotopic (exact) mass is 560 g/mol. The molecule has 1 aromatic heterocycles. The zero-order chi connectivity index (χ0) is 28.6. The van der Waals surface area contributed by atoms with Gasteiger partial charge in [-0.1, -0.05) is 23.7 Å². The molecule has 4 N–H and O–H groups in total. The van der Waals surface area contributed by atoms with Gasteiger partial charge in [0.05, 0.1) is 16.8 Å². The summed E-state index contributed by atoms with van der Waals surface area (Å²) >= 11 is 6.13. The first-order valence-electron chi connectivity index (χ1n) is 11.7. The molecule has 0 aliphatic carbocycles. The summed E-state index contributed by atoms with van der Waals surface area (Å²) in [5, 5.41) is 35.2. The summed E-state index contributed by atoms with van der Waals surface area (Å²) in [6, 6.07) is 15.3. The predicted octanol–water partition coefficient (Wildman–Crippen LogP) is 3.09. The van der Waals surface area contributed by atoms with Crippen molar-refractivity contribution in [3.8, 4) is 5.69 Å². The van der Waals surface area contributed by atoms with Crippen molar-refractivity contribution in [2.45, 2.75) is 12.5 Å². The van der Waals surface area contributed by atoms with E-state index in [0.29, 0.717) is 27.5 Å². The van der Waals surface area contributed by atoms with Gasteiger partial charge >= 0.3 is 11.9 Å². The normalized spacial score (nSPS) is 11.6. The van der Waals surface area contributed by atoms with Gasteiger partial charge in [0, 0.05) is 28.8 Å². The van der Waals surface area contributed by atoms with E-state index in [-0.39, 0.29) is 17.5 Å². The van der Waals surface area contributed by atoms with E-state index in [4.69, 9.17) is 16.7 Å². The molecule has 0 saturated carbocycles. The van der Waals surface area contributed by atoms with Crippen molar-refractivity contribution in [3.63, 3.8) is 0 Å². The van der Waals surface area contributed by atoms with Crippen LogP contribution in [-0.4, -0.2) is 60.2 Å². The topological polar surface area (TPSA) is 176 Å². The highest BCUT2D eigenvalue weighted by atomic mass is 35.5. The Morgan fingerprint density at radius 1 is 0.950 bits per heavy atom. The van der Waals surface area contributed by atoms with Crippen LogP contribution in [-0.2, 0) is 16.0 Å². The van der Waals surface area contributed by atoms with Crippen LogP contribution in [0.4, 0.5) is 5.69 Å². The van der Waals surface area contributed by atoms with Crippen molar-refractivity contribution in [3.05, 3.63) is 106 Å². The summed E-state index contributed by atoms with van der Waals surface area (Å²) in [5.74, 6) is -3.45. The van der Waals surface area contributed by atoms with Crippen molar-refractivity contribution >= 4 is 47.1 Å². The van der Waals surface area contributed by atoms with Gasteiger partial charge in [0.1, 0.15) is 12.4 Å². The Hall–Kier alpha value is -5.36. The fourth-order valence-electron chi connectivity index (χ4n) is 3.73. The Kier molecular flexibility index (Phi) is 8.62. The molecule has 1 unspecified atom stereocenters. The first kappa shape index (κ1) is 27.7. The number of amides is 2. The summed E-state index contributed by atoms with van der Waals surface area (Å²) in [6.45, 7) is 0. The fraction of sp³-hybridized carbons (Fsp3) is 0.0741. The molecule has 12 nitrogen and oxygen atoms in total. The molecule has 0 fully saturated rings. The maximum atomic E-state index is 13.2. The lowest BCUT2D eigenvalue weighted by atomic mass is 10.0. The van der Waals surface area contributed by atoms with Gasteiger partial charge < -0.3 is 20.8 Å². The van der Waals surface area contributed by atoms with Gasteiger partial charge in [0.15, 0.2) is 0 Å². The van der Waals surface area contributed by atoms with Gasteiger partial charge in [-0.25, -0.2) is 9.59 Å². The molecule has 40 heavy (non-hydrogen) atoms. The van der Waals surface area contributed by atoms with E-state index in [2.05, 4.69) is 26.2 Å². The average Bonchev–Trinajstić information content (AvgIpc) is 3.47. The number of tetrazole rings is 1. The van der Waals surface area contributed by atoms with Crippen molar-refractivity contribution in [1.82, 2.24) is 25.5 Å². The molecule has 0 bridgehead atoms. The number of nitrogens with one attached hydrogen (secondary N) is 2. The van der Waals surface area contributed by atoms with Gasteiger partial charge in [-0.05, 0) is 76.7 Å². The highest BCUT2D eigenvalue weighted by Gasteiger charge is 2.22. The van der Waals surface area contributed by atoms with Crippen molar-refractivity contribution in [1.29, 1.82) is 0 Å². The molecule has 202 valence electrons. The van der Waals surface area contributed by atoms with Gasteiger partial charge in [-0.3, -0.25) is 9.59 Å². The number of carbonyl (C=O) groups is 4. The highest BCUT2D eigenvalue weighted by Crippen LogP contribution is 2.20. The molecule has 13 heteroatoms. The third-order valence-electron chi connectivity index (χ3n) is 5.65. The molecule has 4 rings (SSSR count). The Bertz CT molecular complexity index is 1590. The quantitative estimate of drug-likeness (QED) is 0.212. The van der Waals surface area contributed by atoms with Crippen molar-refractivity contribution in [2.24, 2.45) is 0 Å². The maximum absolute atomic E-state index is 13.2. The van der Waals surface area contributed by atoms with E-state index in [0.717, 1.165) is 0 Å². The van der Waals surface area contributed by atoms with E-state index in [9.17, 15) is 24.3 Å². The van der Waals surface area contributed by atoms with Crippen LogP contribution >= 0.6 is 11.6 Å². The standard InChI is InChI=1S/C27H21ClN6O6/c28-20-7-10-23(34-15-29-32-33-34)18(14-20)6-11-24(35)31-22(13-16-2-1-3-19(12-16)27(39)40)25(36)30-21-8-4-17(5-9-21)26(37)38/h1-12,14-15,22H,13H2,(H,30,36)(H,31,35)(H,37,38)(H,39,40). The molecular formula is C27H21ClN6O6. The van der Waals surface area contributed by atoms with E-state index in [1.54, 1.807) is 30.3 Å². The summed E-state index contributed by atoms with van der Waals surface area (Å²) in [4.78, 5) is 48.6. The molecular weight excluding hydrogens is 540 g/mol. The largest absolute Gasteiger partial charge is 0.478 e. The van der Waals surface area contributed by atoms with Gasteiger partial charge in [0.2, 0.25) is 11.8 Å². The van der Waals surface area contributed by atoms with Crippen molar-refractivity contribution < 1.29 is 29.4 Å². The van der Waals surface area contributed by atoms with Crippen LogP contribution in [0.1, 0.15) is 31.8 Å². The molecule has 0 spiro atoms. The number of aromatic nitrogens is 4. The zero-order valence-corrected chi connectivity index (χ0v) is 21.3. The smallest absolute Gasteiger partial charge is 0.335 e. The Morgan fingerprint density at radius 3 is 2.38 bits per heavy atom. The minimum atomic E-state index is -1.13. The number of hydrogen-bond donors (Lipinski definition) is 4. The molecule has 2 amide bonds. The molecule has 1 heterocycles. The van der Waals surface area contributed by atoms with Crippen LogP contribution in [0, 0.1) is 0 Å². The number of hydrogen-bond acceptors (Lipinski definition) is 7. The van der Waals surface area contributed by atoms with Gasteiger partial charge in [-0.15, -0.1) is 5.10 Å². The number of aromatic carboxylic acids is 2. The van der Waals surface area contributed by atoms with Gasteiger partial charge in [-0.2, -0.15) is 4.68 Å². The fourth-order valence-corrected chi connectivity index (χ4v) is 3.91. The number of carboxylic acids is 2. The Balaban J connectivity index is 1.56. The highest BCUT2D eigenvalue weighted by molar-refractivity contribution is 6.30. The lowest BCUT2D eigenvalue weighted by Gasteiger charge is -2.18. The third kappa shape index (κ3) is 7.14. The number of carboxylic acid groups (broad SMARTS) is 2. The van der Waals surface area contributed by atoms with Crippen LogP contribution in [0.5, 0.6) is 0 Å². The number of anilines is 1. The third-order valence-corrected chi connectivity index (χ3v) is 5.88. The number of benzene rings is 3. The minimum Gasteiger partial charge on any atom is -0.478 e. The predicted molar refractivity (Wildman–Crippen MR) is 144 cm³/mol. The number of rotatable bonds is 10. The molecule has 0 aliphatic rings. The minimum absolute atomic E-state index is 0.0210. The molecule has 0 radical (unpaired) electrons. The number of carbonyl (C=O) groups excluding carboxylic acids is 2. The van der Waals surface area contributed by atoms with Crippen LogP contribution in [0.15, 0.2) is 79.1 Å². The van der Waals surface area contributed by atoms with Crippen LogP contribution in [0.2, 0.25) is 5.02 Å². The molecule has 3 aromatic carbocycles. The van der Waals surface area contributed by atoms with Crippen LogP contribution < -0.4 is 10.6 Å². The lowest BCUT2D eigenvalue weighted by molar-refractivity contribution is -0.123. The summed E-state index contributed by atoms with van der Waals surface area (Å²) in [7, 11) is 0. The van der Waals surface area contributed by atoms with Crippen LogP contribution in [0.3, 0.4) is 0 Å². The molecule has 1 atom stereocenters. The summed E-state index contributed by atoms with van der Waals surface area (Å²) < 4.78 is 1.40. The maximum Gasteiger partial charge on any atom is 0.335 e. The second-order valence-corrected chi connectivity index (χ2v) is 8.87. The van der Waals surface area contributed by atoms with Crippen LogP contribution in [0.25, 0.3) is 11.8 Å². The number of halogens is 1. The van der Waals surface area contributed by atoms with E-state index >= 15 is 0 Å². The first-order chi connectivity index (χ1) is 19.2. The lowest BCUT2D eigenvalue weighted by Crippen LogP contribution is -2.44. The zero-order valence-electron chi connectivity index (χ0n) is 20.6. The summed E-state index contributed by atoms with van der Waals surface area (Å²) in [5.41, 5.74) is 1.98. The first-order valence-corrected chi connectivity index (χ1v) is 12.1. The van der Waals surface area contributed by atoms with E-state index < -0.39 is 29.8 Å².